The standard InChI is InChI=1S/C33H38N2O13/c1-16(27(31(40)41)35-33(42)44-14-25-23-12-8-6-10-21(23)22-11-7-9-13-24(22)25)45-32-28(34-17(2)36)30(47-20(5)39)29(46-19(4)38)26(48-32)15-43-18(3)37/h6-13,16,25-30,32H,14-15H2,1-5H3,(H,34,36)(H,35,42)(H,40,41)/t16-,26+,27+,28-,29+,30-,32+/m0/s1. The number of aliphatic carboxylic acids is 1. The van der Waals surface area contributed by atoms with Crippen LogP contribution < -0.4 is 10.6 Å². The van der Waals surface area contributed by atoms with E-state index < -0.39 is 85.3 Å². The second-order valence-electron chi connectivity index (χ2n) is 11.3. The van der Waals surface area contributed by atoms with E-state index >= 15 is 0 Å². The summed E-state index contributed by atoms with van der Waals surface area (Å²) in [6.45, 7) is 5.26. The predicted molar refractivity (Wildman–Crippen MR) is 164 cm³/mol. The number of fused-ring (bicyclic) bond motifs is 3. The van der Waals surface area contributed by atoms with E-state index in [9.17, 15) is 33.9 Å². The Hall–Kier alpha value is -5.02. The maximum Gasteiger partial charge on any atom is 0.407 e. The van der Waals surface area contributed by atoms with Gasteiger partial charge in [-0.05, 0) is 29.2 Å². The summed E-state index contributed by atoms with van der Waals surface area (Å²) in [4.78, 5) is 73.2. The highest BCUT2D eigenvalue weighted by molar-refractivity contribution is 5.81. The number of ether oxygens (including phenoxy) is 6. The fourth-order valence-electron chi connectivity index (χ4n) is 5.84. The molecular formula is C33H38N2O13. The maximum atomic E-state index is 13.0. The molecule has 2 aromatic carbocycles. The minimum Gasteiger partial charge on any atom is -0.480 e. The molecule has 2 amide bonds. The Morgan fingerprint density at radius 2 is 1.35 bits per heavy atom. The molecule has 0 saturated carbocycles. The number of rotatable bonds is 12. The molecule has 15 nitrogen and oxygen atoms in total. The molecule has 7 atom stereocenters. The lowest BCUT2D eigenvalue weighted by Gasteiger charge is -2.45. The summed E-state index contributed by atoms with van der Waals surface area (Å²) in [6, 6.07) is 12.4. The monoisotopic (exact) mass is 670 g/mol. The molecule has 2 aliphatic rings. The molecule has 1 saturated heterocycles. The molecule has 258 valence electrons. The number of carbonyl (C=O) groups is 6. The zero-order valence-corrected chi connectivity index (χ0v) is 27.0. The molecule has 15 heteroatoms. The van der Waals surface area contributed by atoms with Gasteiger partial charge < -0.3 is 44.2 Å². The van der Waals surface area contributed by atoms with E-state index in [1.165, 1.54) is 6.92 Å². The van der Waals surface area contributed by atoms with Gasteiger partial charge in [0.05, 0.1) is 6.10 Å². The number of carboxylic acid groups (broad SMARTS) is 1. The minimum atomic E-state index is -1.69. The quantitative estimate of drug-likeness (QED) is 0.219. The van der Waals surface area contributed by atoms with Gasteiger partial charge in [0, 0.05) is 33.6 Å². The van der Waals surface area contributed by atoms with Crippen LogP contribution in [0, 0.1) is 0 Å². The van der Waals surface area contributed by atoms with Crippen molar-refractivity contribution < 1.29 is 62.3 Å². The molecule has 1 aliphatic heterocycles. The van der Waals surface area contributed by atoms with Crippen LogP contribution >= 0.6 is 0 Å². The largest absolute Gasteiger partial charge is 0.480 e. The zero-order valence-electron chi connectivity index (χ0n) is 27.0. The summed E-state index contributed by atoms with van der Waals surface area (Å²) in [5, 5.41) is 14.9. The van der Waals surface area contributed by atoms with E-state index in [1.807, 2.05) is 48.5 Å². The number of hydrogen-bond donors (Lipinski definition) is 3. The SMILES string of the molecule is CC(=O)N[C@@H]1[C@H](O[C@@H](C)[C@@H](NC(=O)OCC2c3ccccc3-c3ccccc32)C(=O)O)O[C@H](COC(C)=O)[C@@H](OC(C)=O)[C@H]1OC(C)=O. The number of benzene rings is 2. The van der Waals surface area contributed by atoms with Crippen LogP contribution in [0.5, 0.6) is 0 Å². The van der Waals surface area contributed by atoms with Crippen LogP contribution in [0.4, 0.5) is 4.79 Å². The van der Waals surface area contributed by atoms with Gasteiger partial charge in [-0.3, -0.25) is 19.2 Å². The highest BCUT2D eigenvalue weighted by Crippen LogP contribution is 2.44. The average molecular weight is 671 g/mol. The Balaban J connectivity index is 1.52. The van der Waals surface area contributed by atoms with Crippen LogP contribution in [0.15, 0.2) is 48.5 Å². The summed E-state index contributed by atoms with van der Waals surface area (Å²) in [6.07, 6.45) is -7.98. The van der Waals surface area contributed by atoms with Gasteiger partial charge in [-0.2, -0.15) is 0 Å². The molecule has 4 rings (SSSR count). The van der Waals surface area contributed by atoms with Gasteiger partial charge in [-0.1, -0.05) is 48.5 Å². The first-order valence-electron chi connectivity index (χ1n) is 15.2. The van der Waals surface area contributed by atoms with E-state index in [0.29, 0.717) is 0 Å². The molecule has 0 spiro atoms. The lowest BCUT2D eigenvalue weighted by atomic mass is 9.95. The molecule has 1 heterocycles. The highest BCUT2D eigenvalue weighted by Gasteiger charge is 2.52. The molecule has 1 aliphatic carbocycles. The van der Waals surface area contributed by atoms with Crippen LogP contribution in [-0.2, 0) is 52.4 Å². The Kier molecular flexibility index (Phi) is 11.7. The van der Waals surface area contributed by atoms with E-state index in [2.05, 4.69) is 10.6 Å². The predicted octanol–water partition coefficient (Wildman–Crippen LogP) is 2.04. The fraction of sp³-hybridized carbons (Fsp3) is 0.455. The maximum absolute atomic E-state index is 13.0. The zero-order chi connectivity index (χ0) is 35.1. The Morgan fingerprint density at radius 1 is 0.792 bits per heavy atom. The van der Waals surface area contributed by atoms with Crippen LogP contribution in [-0.4, -0.2) is 97.0 Å². The van der Waals surface area contributed by atoms with E-state index in [4.69, 9.17) is 28.4 Å². The van der Waals surface area contributed by atoms with Crippen molar-refractivity contribution in [2.24, 2.45) is 0 Å². The van der Waals surface area contributed by atoms with Gasteiger partial charge in [0.25, 0.3) is 0 Å². The van der Waals surface area contributed by atoms with Crippen molar-refractivity contribution in [2.45, 2.75) is 83.3 Å². The Bertz CT molecular complexity index is 1500. The first-order chi connectivity index (χ1) is 22.8. The van der Waals surface area contributed by atoms with Gasteiger partial charge in [0.1, 0.15) is 25.4 Å². The van der Waals surface area contributed by atoms with Crippen molar-refractivity contribution in [3.05, 3.63) is 59.7 Å². The van der Waals surface area contributed by atoms with Crippen molar-refractivity contribution in [3.8, 4) is 11.1 Å². The Labute approximate surface area is 276 Å². The van der Waals surface area contributed by atoms with E-state index in [-0.39, 0.29) is 12.5 Å². The smallest absolute Gasteiger partial charge is 0.407 e. The van der Waals surface area contributed by atoms with Crippen molar-refractivity contribution in [2.75, 3.05) is 13.2 Å². The summed E-state index contributed by atoms with van der Waals surface area (Å²) in [5.74, 6) is -4.67. The lowest BCUT2D eigenvalue weighted by Crippen LogP contribution is -2.67. The number of alkyl carbamates (subject to hydrolysis) is 1. The Morgan fingerprint density at radius 3 is 1.88 bits per heavy atom. The molecule has 2 aromatic rings. The third-order valence-electron chi connectivity index (χ3n) is 7.77. The number of carbonyl (C=O) groups excluding carboxylic acids is 5. The molecule has 0 unspecified atom stereocenters. The second kappa shape index (κ2) is 15.7. The lowest BCUT2D eigenvalue weighted by molar-refractivity contribution is -0.287. The average Bonchev–Trinajstić information content (AvgIpc) is 3.33. The van der Waals surface area contributed by atoms with Crippen LogP contribution in [0.3, 0.4) is 0 Å². The molecule has 0 aromatic heterocycles. The first-order valence-corrected chi connectivity index (χ1v) is 15.2. The van der Waals surface area contributed by atoms with E-state index in [1.54, 1.807) is 0 Å². The normalized spacial score (nSPS) is 22.6. The van der Waals surface area contributed by atoms with Gasteiger partial charge in [0.2, 0.25) is 5.91 Å². The number of amides is 2. The summed E-state index contributed by atoms with van der Waals surface area (Å²) in [7, 11) is 0. The van der Waals surface area contributed by atoms with Crippen LogP contribution in [0.2, 0.25) is 0 Å². The van der Waals surface area contributed by atoms with Crippen molar-refractivity contribution in [1.82, 2.24) is 10.6 Å². The number of nitrogens with one attached hydrogen (secondary N) is 2. The minimum absolute atomic E-state index is 0.0722. The number of carboxylic acids is 1. The second-order valence-corrected chi connectivity index (χ2v) is 11.3. The van der Waals surface area contributed by atoms with Crippen molar-refractivity contribution in [1.29, 1.82) is 0 Å². The molecule has 0 radical (unpaired) electrons. The topological polar surface area (TPSA) is 202 Å². The molecular weight excluding hydrogens is 632 g/mol. The van der Waals surface area contributed by atoms with Crippen molar-refractivity contribution >= 4 is 35.9 Å². The molecule has 3 N–H and O–H groups in total. The molecule has 48 heavy (non-hydrogen) atoms. The fourth-order valence-corrected chi connectivity index (χ4v) is 5.84. The summed E-state index contributed by atoms with van der Waals surface area (Å²) in [5.41, 5.74) is 3.97. The first kappa shape index (κ1) is 35.8. The summed E-state index contributed by atoms with van der Waals surface area (Å²) < 4.78 is 33.2. The van der Waals surface area contributed by atoms with Gasteiger partial charge in [-0.25, -0.2) is 9.59 Å². The third-order valence-corrected chi connectivity index (χ3v) is 7.77. The van der Waals surface area contributed by atoms with Crippen molar-refractivity contribution in [3.63, 3.8) is 0 Å². The van der Waals surface area contributed by atoms with Gasteiger partial charge in [-0.15, -0.1) is 0 Å². The number of esters is 3. The summed E-state index contributed by atoms with van der Waals surface area (Å²) >= 11 is 0. The van der Waals surface area contributed by atoms with Gasteiger partial charge >= 0.3 is 30.0 Å². The molecule has 1 fully saturated rings. The highest BCUT2D eigenvalue weighted by atomic mass is 16.7. The third kappa shape index (κ3) is 8.66. The van der Waals surface area contributed by atoms with Crippen LogP contribution in [0.25, 0.3) is 11.1 Å². The van der Waals surface area contributed by atoms with E-state index in [0.717, 1.165) is 49.9 Å². The molecule has 0 bridgehead atoms. The van der Waals surface area contributed by atoms with Gasteiger partial charge in [0.15, 0.2) is 24.5 Å². The van der Waals surface area contributed by atoms with Crippen LogP contribution in [0.1, 0.15) is 51.7 Å². The number of hydrogen-bond acceptors (Lipinski definition) is 12.